The number of benzene rings is 1. The second kappa shape index (κ2) is 5.17. The third-order valence-electron chi connectivity index (χ3n) is 3.28. The Morgan fingerprint density at radius 1 is 1.44 bits per heavy atom. The molecular weight excluding hydrogens is 222 g/mol. The summed E-state index contributed by atoms with van der Waals surface area (Å²) >= 11 is 6.15. The summed E-state index contributed by atoms with van der Waals surface area (Å²) in [6.07, 6.45) is 2.24. The van der Waals surface area contributed by atoms with E-state index in [-0.39, 0.29) is 12.6 Å². The van der Waals surface area contributed by atoms with E-state index in [1.807, 2.05) is 25.1 Å². The molecule has 0 heterocycles. The van der Waals surface area contributed by atoms with Gasteiger partial charge in [-0.1, -0.05) is 29.8 Å². The molecule has 0 bridgehead atoms. The minimum absolute atomic E-state index is 0.192. The van der Waals surface area contributed by atoms with E-state index in [4.69, 9.17) is 16.7 Å². The number of halogens is 1. The summed E-state index contributed by atoms with van der Waals surface area (Å²) in [5.74, 6) is 0.581. The van der Waals surface area contributed by atoms with E-state index in [1.165, 1.54) is 5.56 Å². The molecule has 1 aromatic rings. The van der Waals surface area contributed by atoms with Crippen molar-refractivity contribution in [2.75, 3.05) is 6.61 Å². The quantitative estimate of drug-likeness (QED) is 0.847. The summed E-state index contributed by atoms with van der Waals surface area (Å²) in [6.45, 7) is 2.20. The minimum Gasteiger partial charge on any atom is -0.395 e. The smallest absolute Gasteiger partial charge is 0.0582 e. The van der Waals surface area contributed by atoms with Crippen LogP contribution in [0.5, 0.6) is 0 Å². The van der Waals surface area contributed by atoms with E-state index in [2.05, 4.69) is 11.4 Å². The zero-order valence-corrected chi connectivity index (χ0v) is 10.2. The zero-order chi connectivity index (χ0) is 11.5. The van der Waals surface area contributed by atoms with E-state index in [0.29, 0.717) is 12.0 Å². The van der Waals surface area contributed by atoms with Crippen molar-refractivity contribution in [3.8, 4) is 0 Å². The lowest BCUT2D eigenvalue weighted by atomic mass is 9.75. The lowest BCUT2D eigenvalue weighted by molar-refractivity contribution is 0.204. The van der Waals surface area contributed by atoms with Crippen molar-refractivity contribution >= 4 is 11.6 Å². The second-order valence-corrected chi connectivity index (χ2v) is 5.04. The Kier molecular flexibility index (Phi) is 3.85. The van der Waals surface area contributed by atoms with Gasteiger partial charge in [-0.3, -0.25) is 0 Å². The number of aliphatic hydroxyl groups is 1. The third-order valence-corrected chi connectivity index (χ3v) is 3.62. The fourth-order valence-electron chi connectivity index (χ4n) is 2.27. The summed E-state index contributed by atoms with van der Waals surface area (Å²) in [5, 5.41) is 13.2. The Morgan fingerprint density at radius 2 is 2.12 bits per heavy atom. The first kappa shape index (κ1) is 11.9. The highest BCUT2D eigenvalue weighted by atomic mass is 35.5. The highest BCUT2D eigenvalue weighted by Gasteiger charge is 2.31. The molecular formula is C13H18ClNO. The number of nitrogens with one attached hydrogen (secondary N) is 1. The largest absolute Gasteiger partial charge is 0.395 e. The van der Waals surface area contributed by atoms with Gasteiger partial charge in [0.1, 0.15) is 0 Å². The van der Waals surface area contributed by atoms with Crippen LogP contribution in [0.15, 0.2) is 24.3 Å². The van der Waals surface area contributed by atoms with Crippen molar-refractivity contribution in [1.29, 1.82) is 0 Å². The minimum atomic E-state index is 0.192. The first-order valence-electron chi connectivity index (χ1n) is 5.82. The lowest BCUT2D eigenvalue weighted by Crippen LogP contribution is -2.45. The van der Waals surface area contributed by atoms with E-state index in [1.54, 1.807) is 0 Å². The van der Waals surface area contributed by atoms with Crippen LogP contribution in [0, 0.1) is 0 Å². The van der Waals surface area contributed by atoms with Gasteiger partial charge in [0.2, 0.25) is 0 Å². The molecule has 0 amide bonds. The predicted octanol–water partition coefficient (Wildman–Crippen LogP) is 2.56. The summed E-state index contributed by atoms with van der Waals surface area (Å²) < 4.78 is 0. The molecule has 1 unspecified atom stereocenters. The molecule has 1 aromatic carbocycles. The number of rotatable bonds is 4. The summed E-state index contributed by atoms with van der Waals surface area (Å²) in [7, 11) is 0. The average molecular weight is 240 g/mol. The fraction of sp³-hybridized carbons (Fsp3) is 0.538. The summed E-state index contributed by atoms with van der Waals surface area (Å²) in [6, 6.07) is 8.79. The van der Waals surface area contributed by atoms with Crippen LogP contribution in [0.4, 0.5) is 0 Å². The Labute approximate surface area is 102 Å². The van der Waals surface area contributed by atoms with Gasteiger partial charge in [0.25, 0.3) is 0 Å². The van der Waals surface area contributed by atoms with Gasteiger partial charge in [-0.2, -0.15) is 0 Å². The van der Waals surface area contributed by atoms with Gasteiger partial charge in [0.05, 0.1) is 6.61 Å². The van der Waals surface area contributed by atoms with Gasteiger partial charge in [-0.05, 0) is 37.3 Å². The lowest BCUT2D eigenvalue weighted by Gasteiger charge is -2.38. The van der Waals surface area contributed by atoms with E-state index >= 15 is 0 Å². The molecule has 1 fully saturated rings. The van der Waals surface area contributed by atoms with Crippen LogP contribution >= 0.6 is 11.6 Å². The molecule has 88 valence electrons. The molecule has 1 atom stereocenters. The summed E-state index contributed by atoms with van der Waals surface area (Å²) in [5.41, 5.74) is 1.26. The van der Waals surface area contributed by atoms with Crippen LogP contribution in [-0.4, -0.2) is 23.8 Å². The van der Waals surface area contributed by atoms with Crippen molar-refractivity contribution in [2.24, 2.45) is 0 Å². The van der Waals surface area contributed by atoms with Gasteiger partial charge < -0.3 is 10.4 Å². The van der Waals surface area contributed by atoms with Crippen LogP contribution in [0.2, 0.25) is 5.02 Å². The molecule has 1 aliphatic carbocycles. The van der Waals surface area contributed by atoms with Gasteiger partial charge >= 0.3 is 0 Å². The summed E-state index contributed by atoms with van der Waals surface area (Å²) in [4.78, 5) is 0. The van der Waals surface area contributed by atoms with Crippen molar-refractivity contribution in [1.82, 2.24) is 5.32 Å². The zero-order valence-electron chi connectivity index (χ0n) is 9.49. The number of hydrogen-bond acceptors (Lipinski definition) is 2. The molecule has 1 aliphatic rings. The topological polar surface area (TPSA) is 32.3 Å². The Bertz CT molecular complexity index is 350. The Morgan fingerprint density at radius 3 is 2.75 bits per heavy atom. The van der Waals surface area contributed by atoms with Gasteiger partial charge in [-0.25, -0.2) is 0 Å². The second-order valence-electron chi connectivity index (χ2n) is 4.64. The van der Waals surface area contributed by atoms with Crippen LogP contribution in [-0.2, 0) is 0 Å². The molecule has 0 aromatic heterocycles. The first-order chi connectivity index (χ1) is 7.70. The molecule has 16 heavy (non-hydrogen) atoms. The van der Waals surface area contributed by atoms with Crippen LogP contribution in [0.3, 0.4) is 0 Å². The maximum atomic E-state index is 8.95. The fourth-order valence-corrected chi connectivity index (χ4v) is 2.56. The highest BCUT2D eigenvalue weighted by Crippen LogP contribution is 2.39. The number of aliphatic hydroxyl groups excluding tert-OH is 1. The van der Waals surface area contributed by atoms with Crippen molar-refractivity contribution in [3.05, 3.63) is 34.9 Å². The van der Waals surface area contributed by atoms with Crippen molar-refractivity contribution in [2.45, 2.75) is 37.8 Å². The Balaban J connectivity index is 1.87. The molecule has 2 rings (SSSR count). The normalized spacial score (nSPS) is 26.2. The Hall–Kier alpha value is -0.570. The van der Waals surface area contributed by atoms with E-state index < -0.39 is 0 Å². The molecule has 0 radical (unpaired) electrons. The maximum absolute atomic E-state index is 8.95. The van der Waals surface area contributed by atoms with Gasteiger partial charge in [0, 0.05) is 17.1 Å². The van der Waals surface area contributed by atoms with Crippen molar-refractivity contribution < 1.29 is 5.11 Å². The third kappa shape index (κ3) is 2.57. The van der Waals surface area contributed by atoms with Gasteiger partial charge in [-0.15, -0.1) is 0 Å². The molecule has 1 saturated carbocycles. The van der Waals surface area contributed by atoms with E-state index in [9.17, 15) is 0 Å². The maximum Gasteiger partial charge on any atom is 0.0582 e. The monoisotopic (exact) mass is 239 g/mol. The molecule has 0 spiro atoms. The van der Waals surface area contributed by atoms with Crippen LogP contribution in [0.1, 0.15) is 31.2 Å². The highest BCUT2D eigenvalue weighted by molar-refractivity contribution is 6.31. The van der Waals surface area contributed by atoms with E-state index in [0.717, 1.165) is 17.9 Å². The first-order valence-corrected chi connectivity index (χ1v) is 6.20. The molecule has 2 N–H and O–H groups in total. The van der Waals surface area contributed by atoms with Crippen molar-refractivity contribution in [3.63, 3.8) is 0 Å². The van der Waals surface area contributed by atoms with Gasteiger partial charge in [0.15, 0.2) is 0 Å². The molecule has 0 saturated heterocycles. The molecule has 3 heteroatoms. The van der Waals surface area contributed by atoms with Crippen LogP contribution in [0.25, 0.3) is 0 Å². The molecule has 2 nitrogen and oxygen atoms in total. The average Bonchev–Trinajstić information content (AvgIpc) is 2.24. The number of hydrogen-bond donors (Lipinski definition) is 2. The van der Waals surface area contributed by atoms with Crippen LogP contribution < -0.4 is 5.32 Å². The predicted molar refractivity (Wildman–Crippen MR) is 66.9 cm³/mol. The standard InChI is InChI=1S/C13H18ClNO/c1-9(8-16)15-11-6-10(7-11)12-4-2-3-5-13(12)14/h2-5,9-11,15-16H,6-8H2,1H3. The molecule has 0 aliphatic heterocycles. The SMILES string of the molecule is CC(CO)NC1CC(c2ccccc2Cl)C1.